The number of halogens is 1. The zero-order chi connectivity index (χ0) is 14.3. The van der Waals surface area contributed by atoms with Crippen LogP contribution in [0.1, 0.15) is 21.8 Å². The number of aryl methyl sites for hydroxylation is 3. The quantitative estimate of drug-likeness (QED) is 0.742. The number of anilines is 1. The molecule has 0 unspecified atom stereocenters. The molecule has 0 fully saturated rings. The molecule has 0 aliphatic heterocycles. The van der Waals surface area contributed by atoms with E-state index in [0.717, 1.165) is 27.4 Å². The standard InChI is InChI=1S/C15H16BrN3S/c1-9-4-5-13(12(16)6-9)17-7-14-11(3)18-15-19(14)8-10(2)20-15/h4-6,8,17H,7H2,1-3H3. The molecule has 3 rings (SSSR count). The van der Waals surface area contributed by atoms with Crippen LogP contribution < -0.4 is 5.32 Å². The van der Waals surface area contributed by atoms with Gasteiger partial charge in [-0.3, -0.25) is 4.40 Å². The second-order valence-electron chi connectivity index (χ2n) is 4.98. The predicted octanol–water partition coefficient (Wildman–Crippen LogP) is 4.70. The lowest BCUT2D eigenvalue weighted by molar-refractivity contribution is 0.990. The number of nitrogens with one attached hydrogen (secondary N) is 1. The molecule has 0 aliphatic rings. The van der Waals surface area contributed by atoms with Gasteiger partial charge in [0.25, 0.3) is 0 Å². The summed E-state index contributed by atoms with van der Waals surface area (Å²) in [4.78, 5) is 6.96. The fourth-order valence-corrected chi connectivity index (χ4v) is 3.79. The molecule has 0 bridgehead atoms. The van der Waals surface area contributed by atoms with E-state index in [0.29, 0.717) is 0 Å². The van der Waals surface area contributed by atoms with Crippen molar-refractivity contribution in [3.63, 3.8) is 0 Å². The molecular weight excluding hydrogens is 334 g/mol. The minimum absolute atomic E-state index is 0.769. The summed E-state index contributed by atoms with van der Waals surface area (Å²) in [5, 5.41) is 3.48. The van der Waals surface area contributed by atoms with Crippen LogP contribution in [-0.2, 0) is 6.54 Å². The lowest BCUT2D eigenvalue weighted by Gasteiger charge is -2.09. The molecule has 20 heavy (non-hydrogen) atoms. The highest BCUT2D eigenvalue weighted by Crippen LogP contribution is 2.25. The van der Waals surface area contributed by atoms with Gasteiger partial charge in [0, 0.05) is 21.2 Å². The molecule has 3 nitrogen and oxygen atoms in total. The topological polar surface area (TPSA) is 29.3 Å². The monoisotopic (exact) mass is 349 g/mol. The number of aromatic nitrogens is 2. The molecule has 0 spiro atoms. The van der Waals surface area contributed by atoms with Crippen molar-refractivity contribution in [2.45, 2.75) is 27.3 Å². The maximum atomic E-state index is 4.61. The smallest absolute Gasteiger partial charge is 0.194 e. The lowest BCUT2D eigenvalue weighted by Crippen LogP contribution is -2.04. The highest BCUT2D eigenvalue weighted by Gasteiger charge is 2.11. The van der Waals surface area contributed by atoms with Crippen molar-refractivity contribution < 1.29 is 0 Å². The molecule has 0 atom stereocenters. The van der Waals surface area contributed by atoms with Gasteiger partial charge in [0.05, 0.1) is 17.9 Å². The molecule has 2 aromatic heterocycles. The molecule has 104 valence electrons. The lowest BCUT2D eigenvalue weighted by atomic mass is 10.2. The molecular formula is C15H16BrN3S. The molecule has 0 saturated carbocycles. The van der Waals surface area contributed by atoms with Crippen LogP contribution in [0.4, 0.5) is 5.69 Å². The van der Waals surface area contributed by atoms with Crippen molar-refractivity contribution >= 4 is 37.9 Å². The van der Waals surface area contributed by atoms with Gasteiger partial charge in [0.1, 0.15) is 0 Å². The number of benzene rings is 1. The van der Waals surface area contributed by atoms with E-state index >= 15 is 0 Å². The number of thiazole rings is 1. The van der Waals surface area contributed by atoms with Crippen LogP contribution in [0, 0.1) is 20.8 Å². The van der Waals surface area contributed by atoms with Gasteiger partial charge in [-0.15, -0.1) is 11.3 Å². The highest BCUT2D eigenvalue weighted by atomic mass is 79.9. The number of rotatable bonds is 3. The van der Waals surface area contributed by atoms with Crippen LogP contribution in [0.25, 0.3) is 4.96 Å². The van der Waals surface area contributed by atoms with Gasteiger partial charge in [-0.2, -0.15) is 0 Å². The second-order valence-corrected chi connectivity index (χ2v) is 7.04. The van der Waals surface area contributed by atoms with Crippen LogP contribution >= 0.6 is 27.3 Å². The maximum absolute atomic E-state index is 4.61. The first kappa shape index (κ1) is 13.6. The fraction of sp³-hybridized carbons (Fsp3) is 0.267. The molecule has 0 amide bonds. The first-order chi connectivity index (χ1) is 9.54. The molecule has 0 radical (unpaired) electrons. The van der Waals surface area contributed by atoms with Gasteiger partial charge in [-0.1, -0.05) is 6.07 Å². The number of fused-ring (bicyclic) bond motifs is 1. The van der Waals surface area contributed by atoms with E-state index in [1.165, 1.54) is 16.1 Å². The number of nitrogens with zero attached hydrogens (tertiary/aromatic N) is 2. The van der Waals surface area contributed by atoms with Gasteiger partial charge in [0.2, 0.25) is 0 Å². The Morgan fingerprint density at radius 3 is 2.85 bits per heavy atom. The third kappa shape index (κ3) is 2.47. The Hall–Kier alpha value is -1.33. The summed E-state index contributed by atoms with van der Waals surface area (Å²) < 4.78 is 3.28. The molecule has 3 aromatic rings. The van der Waals surface area contributed by atoms with Crippen molar-refractivity contribution in [3.05, 3.63) is 50.7 Å². The van der Waals surface area contributed by atoms with E-state index in [1.54, 1.807) is 11.3 Å². The highest BCUT2D eigenvalue weighted by molar-refractivity contribution is 9.10. The molecule has 0 saturated heterocycles. The van der Waals surface area contributed by atoms with Gasteiger partial charge < -0.3 is 5.32 Å². The number of hydrogen-bond acceptors (Lipinski definition) is 3. The van der Waals surface area contributed by atoms with E-state index in [-0.39, 0.29) is 0 Å². The minimum Gasteiger partial charge on any atom is -0.378 e. The summed E-state index contributed by atoms with van der Waals surface area (Å²) in [6, 6.07) is 6.34. The Morgan fingerprint density at radius 1 is 1.30 bits per heavy atom. The number of hydrogen-bond donors (Lipinski definition) is 1. The second kappa shape index (κ2) is 5.22. The zero-order valence-corrected chi connectivity index (χ0v) is 14.1. The molecule has 2 heterocycles. The first-order valence-corrected chi connectivity index (χ1v) is 8.09. The van der Waals surface area contributed by atoms with Crippen LogP contribution in [0.2, 0.25) is 0 Å². The van der Waals surface area contributed by atoms with Crippen molar-refractivity contribution in [2.75, 3.05) is 5.32 Å². The Labute approximate surface area is 130 Å². The van der Waals surface area contributed by atoms with E-state index < -0.39 is 0 Å². The van der Waals surface area contributed by atoms with Crippen LogP contribution in [0.3, 0.4) is 0 Å². The summed E-state index contributed by atoms with van der Waals surface area (Å²) in [7, 11) is 0. The van der Waals surface area contributed by atoms with E-state index in [4.69, 9.17) is 0 Å². The normalized spacial score (nSPS) is 11.2. The maximum Gasteiger partial charge on any atom is 0.194 e. The average Bonchev–Trinajstić information content (AvgIpc) is 2.84. The summed E-state index contributed by atoms with van der Waals surface area (Å²) in [6.45, 7) is 7.04. The fourth-order valence-electron chi connectivity index (χ4n) is 2.26. The molecule has 1 aromatic carbocycles. The summed E-state index contributed by atoms with van der Waals surface area (Å²) >= 11 is 5.33. The van der Waals surface area contributed by atoms with Crippen LogP contribution in [-0.4, -0.2) is 9.38 Å². The first-order valence-electron chi connectivity index (χ1n) is 6.48. The summed E-state index contributed by atoms with van der Waals surface area (Å²) in [6.07, 6.45) is 2.15. The molecule has 5 heteroatoms. The Balaban J connectivity index is 1.87. The molecule has 1 N–H and O–H groups in total. The third-order valence-corrected chi connectivity index (χ3v) is 4.87. The van der Waals surface area contributed by atoms with Gasteiger partial charge >= 0.3 is 0 Å². The average molecular weight is 350 g/mol. The van der Waals surface area contributed by atoms with E-state index in [2.05, 4.69) is 75.8 Å². The molecule has 0 aliphatic carbocycles. The number of imidazole rings is 1. The van der Waals surface area contributed by atoms with Crippen molar-refractivity contribution in [1.29, 1.82) is 0 Å². The van der Waals surface area contributed by atoms with Crippen molar-refractivity contribution in [3.8, 4) is 0 Å². The zero-order valence-electron chi connectivity index (χ0n) is 11.7. The minimum atomic E-state index is 0.769. The van der Waals surface area contributed by atoms with Crippen molar-refractivity contribution in [2.24, 2.45) is 0 Å². The Morgan fingerprint density at radius 2 is 2.10 bits per heavy atom. The van der Waals surface area contributed by atoms with Crippen LogP contribution in [0.5, 0.6) is 0 Å². The summed E-state index contributed by atoms with van der Waals surface area (Å²) in [5.41, 5.74) is 4.67. The third-order valence-electron chi connectivity index (χ3n) is 3.31. The van der Waals surface area contributed by atoms with Gasteiger partial charge in [-0.25, -0.2) is 4.98 Å². The Kier molecular flexibility index (Phi) is 3.56. The van der Waals surface area contributed by atoms with Crippen molar-refractivity contribution in [1.82, 2.24) is 9.38 Å². The SMILES string of the molecule is Cc1ccc(NCc2c(C)nc3sc(C)cn23)c(Br)c1. The van der Waals surface area contributed by atoms with E-state index in [1.807, 2.05) is 0 Å². The Bertz CT molecular complexity index is 773. The van der Waals surface area contributed by atoms with Crippen LogP contribution in [0.15, 0.2) is 28.9 Å². The van der Waals surface area contributed by atoms with Gasteiger partial charge in [0.15, 0.2) is 4.96 Å². The van der Waals surface area contributed by atoms with Gasteiger partial charge in [-0.05, 0) is 54.4 Å². The van der Waals surface area contributed by atoms with E-state index in [9.17, 15) is 0 Å². The largest absolute Gasteiger partial charge is 0.378 e. The summed E-state index contributed by atoms with van der Waals surface area (Å²) in [5.74, 6) is 0. The predicted molar refractivity (Wildman–Crippen MR) is 88.7 cm³/mol.